The van der Waals surface area contributed by atoms with E-state index in [9.17, 15) is 14.7 Å². The van der Waals surface area contributed by atoms with Crippen LogP contribution < -0.4 is 11.5 Å². The molecule has 200 valence electrons. The molecule has 3 fully saturated rings. The summed E-state index contributed by atoms with van der Waals surface area (Å²) in [4.78, 5) is 33.8. The second-order valence-corrected chi connectivity index (χ2v) is 11.6. The van der Waals surface area contributed by atoms with E-state index in [1.807, 2.05) is 0 Å². The van der Waals surface area contributed by atoms with Crippen LogP contribution in [-0.4, -0.2) is 89.6 Å². The Morgan fingerprint density at radius 2 is 1.83 bits per heavy atom. The lowest BCUT2D eigenvalue weighted by Gasteiger charge is -2.53. The van der Waals surface area contributed by atoms with Crippen molar-refractivity contribution in [3.63, 3.8) is 0 Å². The van der Waals surface area contributed by atoms with Gasteiger partial charge in [0.25, 0.3) is 0 Å². The van der Waals surface area contributed by atoms with Gasteiger partial charge in [0.15, 0.2) is 11.7 Å². The molecule has 0 aromatic heterocycles. The van der Waals surface area contributed by atoms with Gasteiger partial charge >= 0.3 is 5.97 Å². The van der Waals surface area contributed by atoms with Crippen molar-refractivity contribution in [1.82, 2.24) is 9.80 Å². The first-order chi connectivity index (χ1) is 16.6. The number of Topliss-reactive ketones (excluding diaryl/α,β-unsaturated/α-hetero) is 1. The molecular formula is C26H47N5O4. The van der Waals surface area contributed by atoms with E-state index < -0.39 is 17.6 Å². The molecule has 1 saturated carbocycles. The lowest BCUT2D eigenvalue weighted by atomic mass is 9.70. The average Bonchev–Trinajstić information content (AvgIpc) is 2.82. The van der Waals surface area contributed by atoms with Crippen molar-refractivity contribution in [2.24, 2.45) is 21.9 Å². The van der Waals surface area contributed by atoms with Gasteiger partial charge < -0.3 is 26.2 Å². The van der Waals surface area contributed by atoms with Crippen LogP contribution in [0.5, 0.6) is 0 Å². The summed E-state index contributed by atoms with van der Waals surface area (Å²) in [5.74, 6) is -0.581. The number of carbonyl (C=O) groups is 2. The van der Waals surface area contributed by atoms with Gasteiger partial charge in [0.05, 0.1) is 24.1 Å². The molecule has 5 N–H and O–H groups in total. The van der Waals surface area contributed by atoms with E-state index in [0.717, 1.165) is 71.0 Å². The molecule has 3 atom stereocenters. The fourth-order valence-electron chi connectivity index (χ4n) is 6.58. The monoisotopic (exact) mass is 493 g/mol. The van der Waals surface area contributed by atoms with Crippen LogP contribution in [-0.2, 0) is 14.3 Å². The van der Waals surface area contributed by atoms with Crippen LogP contribution in [0.25, 0.3) is 0 Å². The number of ketones is 1. The Balaban J connectivity index is 1.74. The van der Waals surface area contributed by atoms with E-state index in [-0.39, 0.29) is 23.7 Å². The zero-order valence-electron chi connectivity index (χ0n) is 22.0. The Bertz CT molecular complexity index is 765. The number of hydrogen-bond acceptors (Lipinski definition) is 6. The summed E-state index contributed by atoms with van der Waals surface area (Å²) < 4.78 is 6.32. The van der Waals surface area contributed by atoms with Crippen LogP contribution in [0.15, 0.2) is 4.99 Å². The van der Waals surface area contributed by atoms with Gasteiger partial charge in [-0.25, -0.2) is 0 Å². The third kappa shape index (κ3) is 6.95. The van der Waals surface area contributed by atoms with Gasteiger partial charge in [-0.15, -0.1) is 0 Å². The predicted molar refractivity (Wildman–Crippen MR) is 137 cm³/mol. The first-order valence-electron chi connectivity index (χ1n) is 13.5. The van der Waals surface area contributed by atoms with Crippen molar-refractivity contribution in [2.75, 3.05) is 33.3 Å². The van der Waals surface area contributed by atoms with Gasteiger partial charge in [-0.1, -0.05) is 20.3 Å². The summed E-state index contributed by atoms with van der Waals surface area (Å²) in [7, 11) is 1.70. The molecule has 0 amide bonds. The van der Waals surface area contributed by atoms with E-state index in [1.54, 1.807) is 7.05 Å². The first kappa shape index (κ1) is 27.9. The maximum atomic E-state index is 13.9. The summed E-state index contributed by atoms with van der Waals surface area (Å²) in [5.41, 5.74) is 11.7. The van der Waals surface area contributed by atoms with Crippen LogP contribution in [0.4, 0.5) is 0 Å². The van der Waals surface area contributed by atoms with Crippen molar-refractivity contribution in [3.8, 4) is 0 Å². The summed E-state index contributed by atoms with van der Waals surface area (Å²) >= 11 is 0. The number of guanidine groups is 1. The number of aliphatic carboxylic acids is 1. The fraction of sp³-hybridized carbons (Fsp3) is 0.885. The zero-order chi connectivity index (χ0) is 25.6. The molecule has 0 bridgehead atoms. The quantitative estimate of drug-likeness (QED) is 0.329. The fourth-order valence-corrected chi connectivity index (χ4v) is 6.58. The lowest BCUT2D eigenvalue weighted by Crippen LogP contribution is -2.65. The van der Waals surface area contributed by atoms with Crippen LogP contribution in [0.2, 0.25) is 0 Å². The van der Waals surface area contributed by atoms with Crippen LogP contribution in [0.3, 0.4) is 0 Å². The molecule has 2 unspecified atom stereocenters. The second-order valence-electron chi connectivity index (χ2n) is 11.6. The van der Waals surface area contributed by atoms with Gasteiger partial charge in [0, 0.05) is 32.8 Å². The minimum absolute atomic E-state index is 0.117. The molecule has 2 saturated heterocycles. The highest BCUT2D eigenvalue weighted by Crippen LogP contribution is 2.43. The number of aliphatic imine (C=N–C) groups is 1. The van der Waals surface area contributed by atoms with Gasteiger partial charge in [-0.3, -0.25) is 19.5 Å². The highest BCUT2D eigenvalue weighted by Gasteiger charge is 2.50. The minimum Gasteiger partial charge on any atom is -0.481 e. The van der Waals surface area contributed by atoms with Gasteiger partial charge in [-0.05, 0) is 69.7 Å². The number of nitrogens with zero attached hydrogens (tertiary/aromatic N) is 3. The Morgan fingerprint density at radius 3 is 2.46 bits per heavy atom. The minimum atomic E-state index is -1.03. The predicted octanol–water partition coefficient (Wildman–Crippen LogP) is 2.37. The van der Waals surface area contributed by atoms with Crippen molar-refractivity contribution in [1.29, 1.82) is 0 Å². The molecule has 3 rings (SSSR count). The van der Waals surface area contributed by atoms with E-state index >= 15 is 0 Å². The highest BCUT2D eigenvalue weighted by atomic mass is 16.5. The molecule has 3 aliphatic rings. The Hall–Kier alpha value is -1.71. The smallest absolute Gasteiger partial charge is 0.305 e. The van der Waals surface area contributed by atoms with Gasteiger partial charge in [-0.2, -0.15) is 0 Å². The topological polar surface area (TPSA) is 134 Å². The molecule has 0 aromatic carbocycles. The molecule has 2 heterocycles. The molecule has 35 heavy (non-hydrogen) atoms. The Kier molecular flexibility index (Phi) is 9.57. The number of ether oxygens (including phenoxy) is 1. The van der Waals surface area contributed by atoms with Crippen molar-refractivity contribution in [3.05, 3.63) is 0 Å². The number of hydrogen-bond donors (Lipinski definition) is 3. The molecular weight excluding hydrogens is 446 g/mol. The summed E-state index contributed by atoms with van der Waals surface area (Å²) in [6.07, 6.45) is 9.31. The Morgan fingerprint density at radius 1 is 1.11 bits per heavy atom. The molecule has 0 radical (unpaired) electrons. The van der Waals surface area contributed by atoms with Crippen LogP contribution >= 0.6 is 0 Å². The summed E-state index contributed by atoms with van der Waals surface area (Å²) in [5, 5.41) is 9.33. The van der Waals surface area contributed by atoms with Crippen molar-refractivity contribution >= 4 is 17.7 Å². The summed E-state index contributed by atoms with van der Waals surface area (Å²) in [6, 6.07) is -0.677. The largest absolute Gasteiger partial charge is 0.481 e. The zero-order valence-corrected chi connectivity index (χ0v) is 22.0. The maximum Gasteiger partial charge on any atom is 0.305 e. The highest BCUT2D eigenvalue weighted by molar-refractivity contribution is 5.95. The summed E-state index contributed by atoms with van der Waals surface area (Å²) in [6.45, 7) is 7.58. The van der Waals surface area contributed by atoms with E-state index in [4.69, 9.17) is 16.2 Å². The average molecular weight is 494 g/mol. The SMILES string of the molecule is CN=C(N)N1CCC(OCC[C@]2(C(=O)C(N)CC(=O)O)CCCCN2C2CCCC(C)(C)C2)CC1. The molecule has 9 nitrogen and oxygen atoms in total. The number of carbonyl (C=O) groups excluding carboxylic acids is 1. The van der Waals surface area contributed by atoms with Gasteiger partial charge in [0.1, 0.15) is 0 Å². The van der Waals surface area contributed by atoms with E-state index in [0.29, 0.717) is 25.0 Å². The third-order valence-corrected chi connectivity index (χ3v) is 8.46. The van der Waals surface area contributed by atoms with Gasteiger partial charge in [0.2, 0.25) is 0 Å². The van der Waals surface area contributed by atoms with Crippen molar-refractivity contribution < 1.29 is 19.4 Å². The number of carboxylic acid groups (broad SMARTS) is 1. The van der Waals surface area contributed by atoms with Crippen LogP contribution in [0, 0.1) is 5.41 Å². The Labute approximate surface area is 210 Å². The molecule has 0 aromatic rings. The number of piperidine rings is 2. The van der Waals surface area contributed by atoms with E-state index in [1.165, 1.54) is 6.42 Å². The number of rotatable bonds is 9. The number of carboxylic acids is 1. The number of likely N-dealkylation sites (tertiary alicyclic amines) is 2. The molecule has 0 spiro atoms. The number of nitrogens with two attached hydrogens (primary N) is 2. The van der Waals surface area contributed by atoms with Crippen molar-refractivity contribution in [2.45, 2.75) is 108 Å². The molecule has 2 aliphatic heterocycles. The third-order valence-electron chi connectivity index (χ3n) is 8.46. The van der Waals surface area contributed by atoms with Crippen LogP contribution in [0.1, 0.15) is 84.5 Å². The maximum absolute atomic E-state index is 13.9. The first-order valence-corrected chi connectivity index (χ1v) is 13.5. The second kappa shape index (κ2) is 12.0. The standard InChI is InChI=1S/C26H47N5O4/c1-25(2)10-6-7-19(18-25)31-13-5-4-11-26(31,23(34)21(27)17-22(32)33)12-16-35-20-8-14-30(15-9-20)24(28)29-3/h19-21H,4-18,27H2,1-3H3,(H2,28,29)(H,32,33)/t19?,21?,26-/m0/s1. The normalized spacial score (nSPS) is 29.7. The molecule has 1 aliphatic carbocycles. The van der Waals surface area contributed by atoms with E-state index in [2.05, 4.69) is 28.6 Å². The lowest BCUT2D eigenvalue weighted by molar-refractivity contribution is -0.146. The molecule has 9 heteroatoms.